The lowest BCUT2D eigenvalue weighted by Gasteiger charge is -2.55. The van der Waals surface area contributed by atoms with E-state index in [0.29, 0.717) is 12.8 Å². The van der Waals surface area contributed by atoms with Crippen LogP contribution in [0, 0.1) is 23.7 Å². The van der Waals surface area contributed by atoms with Crippen molar-refractivity contribution < 1.29 is 28.9 Å². The SMILES string of the molecule is CC(C)=C[C@@H]1O[C@]2(C)CC[C@@]3(OC(=O)C=C3C)O[C@]13[C@H](C)[C@H]1CCC(C)[C@@]1(O)C(=O)[C@@H]32. The Morgan fingerprint density at radius 1 is 1.19 bits per heavy atom. The summed E-state index contributed by atoms with van der Waals surface area (Å²) in [7, 11) is 0. The lowest BCUT2D eigenvalue weighted by Crippen LogP contribution is -2.70. The highest BCUT2D eigenvalue weighted by Crippen LogP contribution is 2.66. The van der Waals surface area contributed by atoms with Gasteiger partial charge in [-0.3, -0.25) is 4.79 Å². The summed E-state index contributed by atoms with van der Waals surface area (Å²) in [5.41, 5.74) is -1.39. The van der Waals surface area contributed by atoms with Crippen LogP contribution in [0.2, 0.25) is 0 Å². The van der Waals surface area contributed by atoms with Crippen molar-refractivity contribution in [3.05, 3.63) is 23.3 Å². The lowest BCUT2D eigenvalue weighted by molar-refractivity contribution is -0.293. The van der Waals surface area contributed by atoms with Crippen molar-refractivity contribution in [2.75, 3.05) is 0 Å². The molecule has 1 N–H and O–H groups in total. The number of hydrogen-bond acceptors (Lipinski definition) is 6. The molecule has 0 aromatic heterocycles. The Hall–Kier alpha value is -1.50. The standard InChI is InChI=1S/C25H34O6/c1-13(2)11-18-25-16(5)17-8-7-14(3)24(17,28)21(27)20(25)22(6,29-18)9-10-23(31-25)15(4)12-19(26)30-23/h11-12,14,16-18,20,28H,7-10H2,1-6H3/t14?,16-,17-,18+,20-,22-,23-,24+,25-/m1/s1. The number of hydrogen-bond donors (Lipinski definition) is 1. The maximum Gasteiger partial charge on any atom is 0.333 e. The van der Waals surface area contributed by atoms with Gasteiger partial charge in [0.2, 0.25) is 5.79 Å². The van der Waals surface area contributed by atoms with E-state index in [4.69, 9.17) is 14.2 Å². The molecule has 5 rings (SSSR count). The van der Waals surface area contributed by atoms with Crippen molar-refractivity contribution in [3.8, 4) is 0 Å². The molecule has 3 aliphatic heterocycles. The third kappa shape index (κ3) is 2.44. The van der Waals surface area contributed by atoms with Crippen molar-refractivity contribution in [1.82, 2.24) is 0 Å². The number of Topliss-reactive ketones (excluding diaryl/α,β-unsaturated/α-hetero) is 1. The quantitative estimate of drug-likeness (QED) is 0.507. The monoisotopic (exact) mass is 430 g/mol. The van der Waals surface area contributed by atoms with Crippen molar-refractivity contribution >= 4 is 11.8 Å². The molecule has 3 heterocycles. The normalized spacial score (nSPS) is 53.0. The maximum atomic E-state index is 14.2. The Labute approximate surface area is 184 Å². The van der Waals surface area contributed by atoms with Gasteiger partial charge >= 0.3 is 5.97 Å². The van der Waals surface area contributed by atoms with Crippen molar-refractivity contribution in [2.45, 2.75) is 95.9 Å². The van der Waals surface area contributed by atoms with E-state index >= 15 is 0 Å². The number of allylic oxidation sites excluding steroid dienone is 1. The van der Waals surface area contributed by atoms with Gasteiger partial charge < -0.3 is 19.3 Å². The lowest BCUT2D eigenvalue weighted by atomic mass is 9.53. The number of aliphatic hydroxyl groups is 1. The summed E-state index contributed by atoms with van der Waals surface area (Å²) in [6, 6.07) is 0. The van der Waals surface area contributed by atoms with E-state index in [1.54, 1.807) is 0 Å². The topological polar surface area (TPSA) is 82.1 Å². The molecule has 4 fully saturated rings. The van der Waals surface area contributed by atoms with E-state index in [1.165, 1.54) is 6.08 Å². The van der Waals surface area contributed by atoms with Crippen molar-refractivity contribution in [3.63, 3.8) is 0 Å². The van der Waals surface area contributed by atoms with E-state index < -0.39 is 40.6 Å². The highest BCUT2D eigenvalue weighted by atomic mass is 16.7. The molecule has 6 heteroatoms. The number of carbonyl (C=O) groups excluding carboxylic acids is 2. The van der Waals surface area contributed by atoms with Crippen LogP contribution in [0.4, 0.5) is 0 Å². The molecule has 31 heavy (non-hydrogen) atoms. The van der Waals surface area contributed by atoms with E-state index in [2.05, 4.69) is 6.92 Å². The van der Waals surface area contributed by atoms with Crippen LogP contribution in [0.15, 0.2) is 23.3 Å². The predicted molar refractivity (Wildman–Crippen MR) is 113 cm³/mol. The summed E-state index contributed by atoms with van der Waals surface area (Å²) in [6.45, 7) is 11.9. The first-order valence-electron chi connectivity index (χ1n) is 11.6. The highest BCUT2D eigenvalue weighted by molar-refractivity contribution is 5.94. The van der Waals surface area contributed by atoms with Gasteiger partial charge in [0.1, 0.15) is 17.3 Å². The van der Waals surface area contributed by atoms with Crippen molar-refractivity contribution in [1.29, 1.82) is 0 Å². The molecule has 2 bridgehead atoms. The number of rotatable bonds is 1. The van der Waals surface area contributed by atoms with E-state index in [0.717, 1.165) is 24.0 Å². The fourth-order valence-corrected chi connectivity index (χ4v) is 7.47. The zero-order valence-electron chi connectivity index (χ0n) is 19.4. The van der Waals surface area contributed by atoms with Crippen LogP contribution in [0.5, 0.6) is 0 Å². The second-order valence-corrected chi connectivity index (χ2v) is 11.0. The van der Waals surface area contributed by atoms with Crippen LogP contribution >= 0.6 is 0 Å². The minimum Gasteiger partial charge on any atom is -0.426 e. The van der Waals surface area contributed by atoms with Crippen LogP contribution in [-0.4, -0.2) is 45.6 Å². The number of fused-ring (bicyclic) bond motifs is 1. The molecule has 5 aliphatic rings. The average Bonchev–Trinajstić information content (AvgIpc) is 3.18. The van der Waals surface area contributed by atoms with Gasteiger partial charge in [-0.1, -0.05) is 25.5 Å². The summed E-state index contributed by atoms with van der Waals surface area (Å²) in [5.74, 6) is -2.86. The summed E-state index contributed by atoms with van der Waals surface area (Å²) in [5, 5.41) is 11.8. The Bertz CT molecular complexity index is 917. The molecule has 2 aliphatic carbocycles. The highest BCUT2D eigenvalue weighted by Gasteiger charge is 2.79. The van der Waals surface area contributed by atoms with Gasteiger partial charge in [-0.05, 0) is 58.8 Å². The Kier molecular flexibility index (Phi) is 4.34. The first-order chi connectivity index (χ1) is 14.4. The van der Waals surface area contributed by atoms with Crippen LogP contribution in [-0.2, 0) is 23.8 Å². The smallest absolute Gasteiger partial charge is 0.333 e. The fourth-order valence-electron chi connectivity index (χ4n) is 7.47. The number of esters is 1. The molecular formula is C25H34O6. The zero-order chi connectivity index (χ0) is 22.6. The van der Waals surface area contributed by atoms with Gasteiger partial charge in [0.05, 0.1) is 11.5 Å². The van der Waals surface area contributed by atoms with Crippen LogP contribution in [0.25, 0.3) is 0 Å². The third-order valence-corrected chi connectivity index (χ3v) is 9.08. The predicted octanol–water partition coefficient (Wildman–Crippen LogP) is 3.47. The molecule has 6 nitrogen and oxygen atoms in total. The molecule has 1 spiro atoms. The van der Waals surface area contributed by atoms with Crippen LogP contribution in [0.1, 0.15) is 67.2 Å². The molecule has 0 radical (unpaired) electrons. The van der Waals surface area contributed by atoms with Gasteiger partial charge in [0.25, 0.3) is 0 Å². The second kappa shape index (κ2) is 6.30. The minimum absolute atomic E-state index is 0.0992. The Balaban J connectivity index is 1.75. The summed E-state index contributed by atoms with van der Waals surface area (Å²) in [4.78, 5) is 26.4. The van der Waals surface area contributed by atoms with Gasteiger partial charge in [0, 0.05) is 24.0 Å². The first-order valence-corrected chi connectivity index (χ1v) is 11.6. The molecule has 2 saturated heterocycles. The number of ketones is 1. The number of ether oxygens (including phenoxy) is 3. The average molecular weight is 431 g/mol. The summed E-state index contributed by atoms with van der Waals surface area (Å²) in [6.07, 6.45) is 5.57. The molecule has 0 aromatic carbocycles. The molecule has 170 valence electrons. The molecule has 2 saturated carbocycles. The van der Waals surface area contributed by atoms with E-state index in [-0.39, 0.29) is 23.5 Å². The van der Waals surface area contributed by atoms with Gasteiger partial charge in [-0.2, -0.15) is 0 Å². The summed E-state index contributed by atoms with van der Waals surface area (Å²) >= 11 is 0. The van der Waals surface area contributed by atoms with Gasteiger partial charge in [0.15, 0.2) is 5.78 Å². The van der Waals surface area contributed by atoms with Gasteiger partial charge in [-0.25, -0.2) is 4.79 Å². The molecule has 0 aromatic rings. The molecule has 1 unspecified atom stereocenters. The zero-order valence-corrected chi connectivity index (χ0v) is 19.4. The molecule has 9 atom stereocenters. The third-order valence-electron chi connectivity index (χ3n) is 9.08. The first kappa shape index (κ1) is 21.4. The minimum atomic E-state index is -1.36. The largest absolute Gasteiger partial charge is 0.426 e. The Morgan fingerprint density at radius 3 is 2.52 bits per heavy atom. The second-order valence-electron chi connectivity index (χ2n) is 11.0. The van der Waals surface area contributed by atoms with E-state index in [9.17, 15) is 14.7 Å². The molecule has 0 amide bonds. The van der Waals surface area contributed by atoms with Crippen LogP contribution < -0.4 is 0 Å². The van der Waals surface area contributed by atoms with Crippen LogP contribution in [0.3, 0.4) is 0 Å². The number of carbonyl (C=O) groups is 2. The maximum absolute atomic E-state index is 14.2. The fraction of sp³-hybridized carbons (Fsp3) is 0.760. The summed E-state index contributed by atoms with van der Waals surface area (Å²) < 4.78 is 19.4. The van der Waals surface area contributed by atoms with Gasteiger partial charge in [-0.15, -0.1) is 0 Å². The Morgan fingerprint density at radius 2 is 1.90 bits per heavy atom. The van der Waals surface area contributed by atoms with E-state index in [1.807, 2.05) is 40.7 Å². The van der Waals surface area contributed by atoms with Crippen molar-refractivity contribution in [2.24, 2.45) is 23.7 Å². The molecular weight excluding hydrogens is 396 g/mol.